The van der Waals surface area contributed by atoms with Gasteiger partial charge in [-0.05, 0) is 54.8 Å². The molecule has 37 heavy (non-hydrogen) atoms. The molecule has 0 unspecified atom stereocenters. The van der Waals surface area contributed by atoms with Crippen molar-refractivity contribution in [2.24, 2.45) is 0 Å². The lowest BCUT2D eigenvalue weighted by Crippen LogP contribution is -2.34. The summed E-state index contributed by atoms with van der Waals surface area (Å²) in [7, 11) is 1.59. The molecule has 0 radical (unpaired) electrons. The second-order valence-electron chi connectivity index (χ2n) is 8.76. The van der Waals surface area contributed by atoms with E-state index in [4.69, 9.17) is 9.72 Å². The number of hydrogen-bond acceptors (Lipinski definition) is 7. The minimum atomic E-state index is -0.205. The average Bonchev–Trinajstić information content (AvgIpc) is 3.26. The molecule has 1 aliphatic heterocycles. The average molecular weight is 535 g/mol. The fourth-order valence-corrected chi connectivity index (χ4v) is 6.50. The topological polar surface area (TPSA) is 93.5 Å². The lowest BCUT2D eigenvalue weighted by molar-refractivity contribution is -0.129. The van der Waals surface area contributed by atoms with E-state index in [0.29, 0.717) is 46.3 Å². The van der Waals surface area contributed by atoms with E-state index in [1.54, 1.807) is 47.8 Å². The number of amides is 2. The number of rotatable bonds is 6. The summed E-state index contributed by atoms with van der Waals surface area (Å²) >= 11 is 2.68. The maximum atomic E-state index is 14.0. The number of carbonyl (C=O) groups excluding carboxylic acids is 2. The zero-order valence-corrected chi connectivity index (χ0v) is 22.4. The van der Waals surface area contributed by atoms with E-state index in [2.05, 4.69) is 5.32 Å². The van der Waals surface area contributed by atoms with Crippen LogP contribution in [0, 0.1) is 6.92 Å². The van der Waals surface area contributed by atoms with Crippen molar-refractivity contribution in [2.75, 3.05) is 24.7 Å². The van der Waals surface area contributed by atoms with E-state index in [9.17, 15) is 14.4 Å². The second-order valence-corrected chi connectivity index (χ2v) is 10.8. The number of nitrogens with zero attached hydrogens (tertiary/aromatic N) is 3. The molecular formula is C27H26N4O4S2. The Bertz CT molecular complexity index is 1560. The first-order valence-electron chi connectivity index (χ1n) is 11.8. The van der Waals surface area contributed by atoms with Crippen molar-refractivity contribution in [3.05, 3.63) is 74.9 Å². The summed E-state index contributed by atoms with van der Waals surface area (Å²) in [5.41, 5.74) is 3.16. The van der Waals surface area contributed by atoms with Crippen LogP contribution >= 0.6 is 23.1 Å². The second kappa shape index (κ2) is 10.4. The number of aryl methyl sites for hydroxylation is 1. The molecule has 2 aromatic heterocycles. The molecule has 3 heterocycles. The van der Waals surface area contributed by atoms with Crippen LogP contribution in [0.15, 0.2) is 58.5 Å². The largest absolute Gasteiger partial charge is 0.497 e. The van der Waals surface area contributed by atoms with E-state index < -0.39 is 0 Å². The van der Waals surface area contributed by atoms with Gasteiger partial charge in [0.05, 0.1) is 30.5 Å². The monoisotopic (exact) mass is 534 g/mol. The molecule has 1 aliphatic rings. The SMILES string of the molecule is COc1ccc(NC(=O)CSc2nc3sc4c(c3c(=O)n2-c2ccccc2C)CCN(C(C)=O)C4)cc1. The van der Waals surface area contributed by atoms with E-state index in [0.717, 1.165) is 21.7 Å². The number of thioether (sulfide) groups is 1. The van der Waals surface area contributed by atoms with Gasteiger partial charge in [-0.25, -0.2) is 4.98 Å². The zero-order chi connectivity index (χ0) is 26.1. The van der Waals surface area contributed by atoms with Gasteiger partial charge in [0.25, 0.3) is 5.56 Å². The molecule has 0 saturated heterocycles. The molecule has 8 nitrogen and oxygen atoms in total. The summed E-state index contributed by atoms with van der Waals surface area (Å²) < 4.78 is 6.78. The molecule has 190 valence electrons. The van der Waals surface area contributed by atoms with E-state index in [1.807, 2.05) is 31.2 Å². The van der Waals surface area contributed by atoms with Crippen molar-refractivity contribution in [1.82, 2.24) is 14.5 Å². The van der Waals surface area contributed by atoms with Gasteiger partial charge in [-0.15, -0.1) is 11.3 Å². The summed E-state index contributed by atoms with van der Waals surface area (Å²) in [6, 6.07) is 14.8. The van der Waals surface area contributed by atoms with Crippen LogP contribution in [0.1, 0.15) is 22.9 Å². The van der Waals surface area contributed by atoms with Crippen molar-refractivity contribution in [2.45, 2.75) is 32.0 Å². The maximum Gasteiger partial charge on any atom is 0.267 e. The maximum absolute atomic E-state index is 14.0. The highest BCUT2D eigenvalue weighted by Crippen LogP contribution is 2.34. The summed E-state index contributed by atoms with van der Waals surface area (Å²) in [5, 5.41) is 3.94. The molecule has 5 rings (SSSR count). The van der Waals surface area contributed by atoms with Gasteiger partial charge in [0.15, 0.2) is 5.16 Å². The molecule has 0 spiro atoms. The number of thiophene rings is 1. The molecule has 0 aliphatic carbocycles. The Balaban J connectivity index is 1.51. The summed E-state index contributed by atoms with van der Waals surface area (Å²) in [6.07, 6.45) is 0.621. The number of ether oxygens (including phenoxy) is 1. The Morgan fingerprint density at radius 1 is 1.16 bits per heavy atom. The molecule has 0 saturated carbocycles. The molecule has 2 aromatic carbocycles. The van der Waals surface area contributed by atoms with Crippen LogP contribution < -0.4 is 15.6 Å². The Labute approximate surface area is 222 Å². The van der Waals surface area contributed by atoms with Crippen LogP contribution in [-0.2, 0) is 22.6 Å². The number of fused-ring (bicyclic) bond motifs is 3. The highest BCUT2D eigenvalue weighted by Gasteiger charge is 2.27. The van der Waals surface area contributed by atoms with Crippen molar-refractivity contribution in [3.63, 3.8) is 0 Å². The number of methoxy groups -OCH3 is 1. The predicted octanol–water partition coefficient (Wildman–Crippen LogP) is 4.40. The van der Waals surface area contributed by atoms with Crippen LogP contribution in [0.2, 0.25) is 0 Å². The smallest absolute Gasteiger partial charge is 0.267 e. The van der Waals surface area contributed by atoms with Crippen molar-refractivity contribution in [1.29, 1.82) is 0 Å². The Hall–Kier alpha value is -3.63. The van der Waals surface area contributed by atoms with Crippen LogP contribution in [0.3, 0.4) is 0 Å². The molecule has 10 heteroatoms. The van der Waals surface area contributed by atoms with E-state index in [1.165, 1.54) is 23.1 Å². The fourth-order valence-electron chi connectivity index (χ4n) is 4.42. The molecule has 0 atom stereocenters. The van der Waals surface area contributed by atoms with Crippen molar-refractivity contribution in [3.8, 4) is 11.4 Å². The van der Waals surface area contributed by atoms with Gasteiger partial charge in [0.1, 0.15) is 10.6 Å². The van der Waals surface area contributed by atoms with Crippen LogP contribution in [-0.4, -0.2) is 45.7 Å². The summed E-state index contributed by atoms with van der Waals surface area (Å²) in [4.78, 5) is 47.0. The Morgan fingerprint density at radius 2 is 1.92 bits per heavy atom. The van der Waals surface area contributed by atoms with E-state index in [-0.39, 0.29) is 23.1 Å². The lowest BCUT2D eigenvalue weighted by atomic mass is 10.1. The highest BCUT2D eigenvalue weighted by molar-refractivity contribution is 7.99. The molecule has 2 amide bonds. The number of nitrogens with one attached hydrogen (secondary N) is 1. The lowest BCUT2D eigenvalue weighted by Gasteiger charge is -2.25. The van der Waals surface area contributed by atoms with Gasteiger partial charge >= 0.3 is 0 Å². The van der Waals surface area contributed by atoms with Crippen molar-refractivity contribution >= 4 is 50.8 Å². The van der Waals surface area contributed by atoms with Gasteiger partial charge in [0, 0.05) is 24.0 Å². The normalized spacial score (nSPS) is 12.9. The summed E-state index contributed by atoms with van der Waals surface area (Å²) in [5.74, 6) is 0.604. The van der Waals surface area contributed by atoms with Gasteiger partial charge in [0.2, 0.25) is 11.8 Å². The van der Waals surface area contributed by atoms with Crippen molar-refractivity contribution < 1.29 is 14.3 Å². The first-order chi connectivity index (χ1) is 17.9. The molecule has 1 N–H and O–H groups in total. The standard InChI is InChI=1S/C27H26N4O4S2/c1-16-6-4-5-7-21(16)31-26(34)24-20-12-13-30(17(2)32)14-22(20)37-25(24)29-27(31)36-15-23(33)28-18-8-10-19(35-3)11-9-18/h4-11H,12-15H2,1-3H3,(H,28,33). The molecular weight excluding hydrogens is 508 g/mol. The molecule has 0 bridgehead atoms. The first kappa shape index (κ1) is 25.0. The summed E-state index contributed by atoms with van der Waals surface area (Å²) in [6.45, 7) is 4.58. The number of anilines is 1. The fraction of sp³-hybridized carbons (Fsp3) is 0.259. The number of para-hydroxylation sites is 1. The third kappa shape index (κ3) is 4.99. The minimum Gasteiger partial charge on any atom is -0.497 e. The van der Waals surface area contributed by atoms with Gasteiger partial charge in [-0.2, -0.15) is 0 Å². The third-order valence-electron chi connectivity index (χ3n) is 6.35. The van der Waals surface area contributed by atoms with Crippen LogP contribution in [0.4, 0.5) is 5.69 Å². The third-order valence-corrected chi connectivity index (χ3v) is 8.40. The zero-order valence-electron chi connectivity index (χ0n) is 20.7. The number of aromatic nitrogens is 2. The van der Waals surface area contributed by atoms with Gasteiger partial charge in [-0.3, -0.25) is 19.0 Å². The van der Waals surface area contributed by atoms with E-state index >= 15 is 0 Å². The minimum absolute atomic E-state index is 0.0208. The quantitative estimate of drug-likeness (QED) is 0.291. The van der Waals surface area contributed by atoms with Gasteiger partial charge in [-0.1, -0.05) is 30.0 Å². The predicted molar refractivity (Wildman–Crippen MR) is 147 cm³/mol. The highest BCUT2D eigenvalue weighted by atomic mass is 32.2. The van der Waals surface area contributed by atoms with Crippen LogP contribution in [0.5, 0.6) is 5.75 Å². The Kier molecular flexibility index (Phi) is 7.03. The number of benzene rings is 2. The number of carbonyl (C=O) groups is 2. The number of hydrogen-bond donors (Lipinski definition) is 1. The molecule has 0 fully saturated rings. The first-order valence-corrected chi connectivity index (χ1v) is 13.6. The Morgan fingerprint density at radius 3 is 2.62 bits per heavy atom. The molecule has 4 aromatic rings. The van der Waals surface area contributed by atoms with Gasteiger partial charge < -0.3 is 15.0 Å². The van der Waals surface area contributed by atoms with Crippen LogP contribution in [0.25, 0.3) is 15.9 Å².